The summed E-state index contributed by atoms with van der Waals surface area (Å²) in [4.78, 5) is 26.8. The molecule has 0 saturated carbocycles. The fourth-order valence-corrected chi connectivity index (χ4v) is 2.95. The van der Waals surface area contributed by atoms with E-state index in [-0.39, 0.29) is 11.5 Å². The summed E-state index contributed by atoms with van der Waals surface area (Å²) in [5.74, 6) is -0.853. The number of hydrogen-bond acceptors (Lipinski definition) is 4. The molecular weight excluding hydrogens is 358 g/mol. The quantitative estimate of drug-likeness (QED) is 0.886. The van der Waals surface area contributed by atoms with Gasteiger partial charge in [0.05, 0.1) is 25.0 Å². The first-order chi connectivity index (χ1) is 12.9. The van der Waals surface area contributed by atoms with Crippen LogP contribution in [0.25, 0.3) is 0 Å². The lowest BCUT2D eigenvalue weighted by Crippen LogP contribution is -2.41. The molecule has 0 atom stereocenters. The highest BCUT2D eigenvalue weighted by Crippen LogP contribution is 2.24. The Hall–Kier alpha value is -2.81. The maximum Gasteiger partial charge on any atom is 0.280 e. The number of carbonyl (C=O) groups excluding carboxylic acids is 2. The van der Waals surface area contributed by atoms with E-state index in [1.807, 2.05) is 0 Å². The number of amides is 2. The Morgan fingerprint density at radius 3 is 2.59 bits per heavy atom. The summed E-state index contributed by atoms with van der Waals surface area (Å²) in [6.07, 6.45) is -1.72. The van der Waals surface area contributed by atoms with Crippen molar-refractivity contribution in [2.45, 2.75) is 13.3 Å². The highest BCUT2D eigenvalue weighted by molar-refractivity contribution is 6.06. The molecule has 0 unspecified atom stereocenters. The maximum absolute atomic E-state index is 13.1. The Balaban J connectivity index is 1.82. The maximum atomic E-state index is 13.1. The molecule has 144 valence electrons. The molecule has 2 amide bonds. The molecule has 1 aromatic carbocycles. The van der Waals surface area contributed by atoms with Crippen LogP contribution in [0, 0.1) is 6.92 Å². The molecule has 0 aliphatic carbocycles. The molecule has 0 spiro atoms. The van der Waals surface area contributed by atoms with Crippen LogP contribution in [-0.4, -0.2) is 52.8 Å². The van der Waals surface area contributed by atoms with Gasteiger partial charge in [-0.25, -0.2) is 8.78 Å². The third-order valence-corrected chi connectivity index (χ3v) is 4.46. The van der Waals surface area contributed by atoms with E-state index >= 15 is 0 Å². The number of carbonyl (C=O) groups is 2. The van der Waals surface area contributed by atoms with Crippen LogP contribution in [0.1, 0.15) is 38.4 Å². The second kappa shape index (κ2) is 7.83. The average Bonchev–Trinajstić information content (AvgIpc) is 3.05. The Bertz CT molecular complexity index is 860. The molecule has 0 radical (unpaired) electrons. The minimum atomic E-state index is -2.82. The zero-order valence-electron chi connectivity index (χ0n) is 15.0. The first-order valence-electron chi connectivity index (χ1n) is 8.47. The summed E-state index contributed by atoms with van der Waals surface area (Å²) in [5.41, 5.74) is 0.916. The van der Waals surface area contributed by atoms with Gasteiger partial charge in [0.2, 0.25) is 0 Å². The number of aryl methyl sites for hydroxylation is 2. The minimum absolute atomic E-state index is 0.151. The van der Waals surface area contributed by atoms with Gasteiger partial charge in [0.25, 0.3) is 18.2 Å². The van der Waals surface area contributed by atoms with E-state index in [4.69, 9.17) is 4.74 Å². The standard InChI is InChI=1S/C18H20F2N4O3/c1-11-3-4-12(9-13(11)18(26)24-5-7-27-8-6-24)22-17(25)14-10-21-23(2)15(14)16(19)20/h3-4,9-10,16H,5-8H2,1-2H3,(H,22,25). The second-order valence-corrected chi connectivity index (χ2v) is 6.26. The van der Waals surface area contributed by atoms with Gasteiger partial charge in [0.1, 0.15) is 5.69 Å². The molecule has 1 N–H and O–H groups in total. The van der Waals surface area contributed by atoms with Gasteiger partial charge in [0.15, 0.2) is 0 Å². The number of ether oxygens (including phenoxy) is 1. The van der Waals surface area contributed by atoms with E-state index in [0.29, 0.717) is 37.6 Å². The third kappa shape index (κ3) is 3.97. The lowest BCUT2D eigenvalue weighted by Gasteiger charge is -2.27. The van der Waals surface area contributed by atoms with Crippen molar-refractivity contribution >= 4 is 17.5 Å². The average molecular weight is 378 g/mol. The molecule has 1 aromatic heterocycles. The molecule has 27 heavy (non-hydrogen) atoms. The number of aromatic nitrogens is 2. The smallest absolute Gasteiger partial charge is 0.280 e. The number of nitrogens with zero attached hydrogens (tertiary/aromatic N) is 3. The number of hydrogen-bond donors (Lipinski definition) is 1. The van der Waals surface area contributed by atoms with Crippen LogP contribution in [0.3, 0.4) is 0 Å². The SMILES string of the molecule is Cc1ccc(NC(=O)c2cnn(C)c2C(F)F)cc1C(=O)N1CCOCC1. The summed E-state index contributed by atoms with van der Waals surface area (Å²) in [6.45, 7) is 3.77. The zero-order chi connectivity index (χ0) is 19.6. The molecule has 3 rings (SSSR count). The molecule has 1 aliphatic heterocycles. The van der Waals surface area contributed by atoms with Crippen LogP contribution in [0.2, 0.25) is 0 Å². The van der Waals surface area contributed by atoms with Crippen molar-refractivity contribution in [3.05, 3.63) is 46.8 Å². The number of morpholine rings is 1. The van der Waals surface area contributed by atoms with E-state index < -0.39 is 18.0 Å². The molecule has 1 aliphatic rings. The number of nitrogens with one attached hydrogen (secondary N) is 1. The van der Waals surface area contributed by atoms with Gasteiger partial charge in [-0.15, -0.1) is 0 Å². The molecule has 2 heterocycles. The van der Waals surface area contributed by atoms with Crippen LogP contribution in [0.5, 0.6) is 0 Å². The number of anilines is 1. The number of alkyl halides is 2. The molecule has 0 bridgehead atoms. The second-order valence-electron chi connectivity index (χ2n) is 6.26. The van der Waals surface area contributed by atoms with E-state index in [1.54, 1.807) is 30.0 Å². The van der Waals surface area contributed by atoms with Crippen LogP contribution in [-0.2, 0) is 11.8 Å². The summed E-state index contributed by atoms with van der Waals surface area (Å²) in [7, 11) is 1.35. The van der Waals surface area contributed by atoms with Crippen molar-refractivity contribution in [1.82, 2.24) is 14.7 Å². The van der Waals surface area contributed by atoms with Crippen molar-refractivity contribution in [2.75, 3.05) is 31.6 Å². The highest BCUT2D eigenvalue weighted by atomic mass is 19.3. The zero-order valence-corrected chi connectivity index (χ0v) is 15.0. The van der Waals surface area contributed by atoms with Gasteiger partial charge in [-0.1, -0.05) is 6.07 Å². The van der Waals surface area contributed by atoms with Crippen molar-refractivity contribution < 1.29 is 23.1 Å². The predicted octanol–water partition coefficient (Wildman–Crippen LogP) is 2.39. The summed E-state index contributed by atoms with van der Waals surface area (Å²) >= 11 is 0. The van der Waals surface area contributed by atoms with Crippen molar-refractivity contribution in [3.8, 4) is 0 Å². The monoisotopic (exact) mass is 378 g/mol. The summed E-state index contributed by atoms with van der Waals surface area (Å²) in [6, 6.07) is 4.89. The number of benzene rings is 1. The highest BCUT2D eigenvalue weighted by Gasteiger charge is 2.24. The molecule has 7 nitrogen and oxygen atoms in total. The van der Waals surface area contributed by atoms with Gasteiger partial charge in [-0.2, -0.15) is 5.10 Å². The van der Waals surface area contributed by atoms with Crippen LogP contribution >= 0.6 is 0 Å². The molecule has 9 heteroatoms. The molecular formula is C18H20F2N4O3. The van der Waals surface area contributed by atoms with Crippen LogP contribution < -0.4 is 5.32 Å². The van der Waals surface area contributed by atoms with Gasteiger partial charge in [0, 0.05) is 31.4 Å². The first-order valence-corrected chi connectivity index (χ1v) is 8.47. The molecule has 1 saturated heterocycles. The van der Waals surface area contributed by atoms with Crippen molar-refractivity contribution in [2.24, 2.45) is 7.05 Å². The van der Waals surface area contributed by atoms with Gasteiger partial charge in [-0.05, 0) is 24.6 Å². The third-order valence-electron chi connectivity index (χ3n) is 4.46. The Kier molecular flexibility index (Phi) is 5.50. The first kappa shape index (κ1) is 19.0. The summed E-state index contributed by atoms with van der Waals surface area (Å²) in [5, 5.41) is 6.30. The number of rotatable bonds is 4. The van der Waals surface area contributed by atoms with E-state index in [2.05, 4.69) is 10.4 Å². The van der Waals surface area contributed by atoms with Crippen molar-refractivity contribution in [3.63, 3.8) is 0 Å². The van der Waals surface area contributed by atoms with Gasteiger partial charge in [-0.3, -0.25) is 14.3 Å². The number of halogens is 2. The van der Waals surface area contributed by atoms with Crippen molar-refractivity contribution in [1.29, 1.82) is 0 Å². The lowest BCUT2D eigenvalue weighted by atomic mass is 10.1. The Morgan fingerprint density at radius 1 is 1.22 bits per heavy atom. The fourth-order valence-electron chi connectivity index (χ4n) is 2.95. The molecule has 1 fully saturated rings. The molecule has 2 aromatic rings. The summed E-state index contributed by atoms with van der Waals surface area (Å²) < 4.78 is 32.5. The van der Waals surface area contributed by atoms with Crippen LogP contribution in [0.4, 0.5) is 14.5 Å². The van der Waals surface area contributed by atoms with E-state index in [0.717, 1.165) is 16.4 Å². The van der Waals surface area contributed by atoms with Crippen LogP contribution in [0.15, 0.2) is 24.4 Å². The van der Waals surface area contributed by atoms with Gasteiger partial charge >= 0.3 is 0 Å². The van der Waals surface area contributed by atoms with E-state index in [9.17, 15) is 18.4 Å². The topological polar surface area (TPSA) is 76.5 Å². The fraction of sp³-hybridized carbons (Fsp3) is 0.389. The predicted molar refractivity (Wildman–Crippen MR) is 94.0 cm³/mol. The Morgan fingerprint density at radius 2 is 1.93 bits per heavy atom. The largest absolute Gasteiger partial charge is 0.378 e. The Labute approximate surface area is 154 Å². The lowest BCUT2D eigenvalue weighted by molar-refractivity contribution is 0.0302. The minimum Gasteiger partial charge on any atom is -0.378 e. The van der Waals surface area contributed by atoms with Gasteiger partial charge < -0.3 is 15.0 Å². The normalized spacial score (nSPS) is 14.5. The van der Waals surface area contributed by atoms with E-state index in [1.165, 1.54) is 7.05 Å².